The highest BCUT2D eigenvalue weighted by Crippen LogP contribution is 2.39. The molecule has 0 unspecified atom stereocenters. The first-order chi connectivity index (χ1) is 5.03. The van der Waals surface area contributed by atoms with Crippen molar-refractivity contribution in [2.24, 2.45) is 11.8 Å². The van der Waals surface area contributed by atoms with E-state index in [0.29, 0.717) is 18.4 Å². The van der Waals surface area contributed by atoms with E-state index >= 15 is 0 Å². The molecule has 0 radical (unpaired) electrons. The van der Waals surface area contributed by atoms with Gasteiger partial charge in [-0.2, -0.15) is 0 Å². The molecule has 1 aliphatic rings. The van der Waals surface area contributed by atoms with Gasteiger partial charge in [0.1, 0.15) is 0 Å². The normalized spacial score (nSPS) is 31.3. The molecule has 64 valence electrons. The van der Waals surface area contributed by atoms with Gasteiger partial charge in [0.15, 0.2) is 0 Å². The number of hydrogen-bond acceptors (Lipinski definition) is 1. The Balaban J connectivity index is 2.28. The minimum Gasteiger partial charge on any atom is -0.396 e. The Kier molecular flexibility index (Phi) is 2.55. The minimum atomic E-state index is -0.985. The molecule has 0 amide bonds. The van der Waals surface area contributed by atoms with Crippen molar-refractivity contribution in [2.45, 2.75) is 26.1 Å². The summed E-state index contributed by atoms with van der Waals surface area (Å²) in [6, 6.07) is 0. The van der Waals surface area contributed by atoms with Crippen molar-refractivity contribution >= 4 is 8.07 Å². The molecule has 1 saturated carbocycles. The molecule has 1 nitrogen and oxygen atoms in total. The lowest BCUT2D eigenvalue weighted by atomic mass is 10.3. The molecule has 1 aliphatic carbocycles. The Hall–Kier alpha value is -0.0831. The maximum absolute atomic E-state index is 8.78. The number of allylic oxidation sites excluding steroid dienone is 1. The van der Waals surface area contributed by atoms with Crippen LogP contribution in [-0.4, -0.2) is 19.8 Å². The number of hydrogen-bond donors (Lipinski definition) is 1. The van der Waals surface area contributed by atoms with Crippen LogP contribution < -0.4 is 0 Å². The molecule has 0 aromatic carbocycles. The molecule has 2 heteroatoms. The quantitative estimate of drug-likeness (QED) is 0.643. The highest BCUT2D eigenvalue weighted by atomic mass is 28.3. The van der Waals surface area contributed by atoms with Gasteiger partial charge in [-0.05, 0) is 18.3 Å². The van der Waals surface area contributed by atoms with E-state index < -0.39 is 8.07 Å². The van der Waals surface area contributed by atoms with Gasteiger partial charge >= 0.3 is 0 Å². The van der Waals surface area contributed by atoms with E-state index in [4.69, 9.17) is 5.11 Å². The summed E-state index contributed by atoms with van der Waals surface area (Å²) in [4.78, 5) is 0. The fourth-order valence-corrected chi connectivity index (χ4v) is 1.95. The Morgan fingerprint density at radius 1 is 1.45 bits per heavy atom. The molecule has 11 heavy (non-hydrogen) atoms. The van der Waals surface area contributed by atoms with Gasteiger partial charge in [0.2, 0.25) is 0 Å². The fraction of sp³-hybridized carbons (Fsp3) is 0.778. The van der Waals surface area contributed by atoms with E-state index in [1.807, 2.05) is 0 Å². The third kappa shape index (κ3) is 3.21. The van der Waals surface area contributed by atoms with Crippen molar-refractivity contribution in [3.8, 4) is 0 Å². The summed E-state index contributed by atoms with van der Waals surface area (Å²) in [6.07, 6.45) is 3.52. The van der Waals surface area contributed by atoms with Crippen molar-refractivity contribution < 1.29 is 5.11 Å². The molecule has 0 aromatic heterocycles. The van der Waals surface area contributed by atoms with Crippen LogP contribution in [0.15, 0.2) is 11.8 Å². The third-order valence-corrected chi connectivity index (χ3v) is 3.25. The van der Waals surface area contributed by atoms with Crippen LogP contribution in [0.2, 0.25) is 19.6 Å². The van der Waals surface area contributed by atoms with Gasteiger partial charge in [-0.1, -0.05) is 31.4 Å². The van der Waals surface area contributed by atoms with Gasteiger partial charge in [0.05, 0.1) is 8.07 Å². The second-order valence-electron chi connectivity index (χ2n) is 4.57. The largest absolute Gasteiger partial charge is 0.396 e. The van der Waals surface area contributed by atoms with Crippen molar-refractivity contribution in [2.75, 3.05) is 6.61 Å². The van der Waals surface area contributed by atoms with Gasteiger partial charge in [0.25, 0.3) is 0 Å². The summed E-state index contributed by atoms with van der Waals surface area (Å²) in [7, 11) is -0.985. The average molecular weight is 170 g/mol. The number of rotatable bonds is 3. The lowest BCUT2D eigenvalue weighted by molar-refractivity contribution is 0.272. The van der Waals surface area contributed by atoms with Gasteiger partial charge in [-0.25, -0.2) is 0 Å². The Morgan fingerprint density at radius 3 is 2.45 bits per heavy atom. The topological polar surface area (TPSA) is 20.2 Å². The number of aliphatic hydroxyl groups excluding tert-OH is 1. The fourth-order valence-electron chi connectivity index (χ4n) is 1.13. The van der Waals surface area contributed by atoms with Crippen LogP contribution in [0.3, 0.4) is 0 Å². The van der Waals surface area contributed by atoms with Crippen molar-refractivity contribution in [3.05, 3.63) is 11.8 Å². The second-order valence-corrected chi connectivity index (χ2v) is 9.63. The van der Waals surface area contributed by atoms with E-state index in [1.165, 1.54) is 6.42 Å². The molecule has 0 heterocycles. The van der Waals surface area contributed by atoms with Gasteiger partial charge in [-0.15, -0.1) is 0 Å². The first-order valence-electron chi connectivity index (χ1n) is 4.33. The average Bonchev–Trinajstić information content (AvgIpc) is 2.60. The molecule has 0 bridgehead atoms. The standard InChI is InChI=1S/C9H18OSi/c1-11(2,3)5-4-8-6-9(8)7-10/h4-5,8-10H,6-7H2,1-3H3/b5-4+/t8-,9+/m1/s1. The van der Waals surface area contributed by atoms with Crippen molar-refractivity contribution in [1.82, 2.24) is 0 Å². The predicted molar refractivity (Wildman–Crippen MR) is 51.2 cm³/mol. The summed E-state index contributed by atoms with van der Waals surface area (Å²) >= 11 is 0. The van der Waals surface area contributed by atoms with Crippen molar-refractivity contribution in [1.29, 1.82) is 0 Å². The molecule has 2 atom stereocenters. The first-order valence-corrected chi connectivity index (χ1v) is 7.91. The molecule has 1 N–H and O–H groups in total. The monoisotopic (exact) mass is 170 g/mol. The molecule has 1 fully saturated rings. The van der Waals surface area contributed by atoms with E-state index in [2.05, 4.69) is 31.4 Å². The van der Waals surface area contributed by atoms with E-state index in [-0.39, 0.29) is 0 Å². The summed E-state index contributed by atoms with van der Waals surface area (Å²) in [6.45, 7) is 7.38. The van der Waals surface area contributed by atoms with E-state index in [1.54, 1.807) is 0 Å². The minimum absolute atomic E-state index is 0.376. The summed E-state index contributed by atoms with van der Waals surface area (Å²) < 4.78 is 0. The highest BCUT2D eigenvalue weighted by molar-refractivity contribution is 6.80. The summed E-state index contributed by atoms with van der Waals surface area (Å²) in [5.74, 6) is 1.29. The maximum atomic E-state index is 8.78. The molecule has 0 aliphatic heterocycles. The van der Waals surface area contributed by atoms with Crippen LogP contribution in [0, 0.1) is 11.8 Å². The van der Waals surface area contributed by atoms with Gasteiger partial charge < -0.3 is 5.11 Å². The Labute approximate surface area is 70.1 Å². The highest BCUT2D eigenvalue weighted by Gasteiger charge is 2.33. The van der Waals surface area contributed by atoms with Crippen LogP contribution in [0.5, 0.6) is 0 Å². The van der Waals surface area contributed by atoms with E-state index in [0.717, 1.165) is 0 Å². The summed E-state index contributed by atoms with van der Waals surface area (Å²) in [5, 5.41) is 8.78. The van der Waals surface area contributed by atoms with Crippen molar-refractivity contribution in [3.63, 3.8) is 0 Å². The SMILES string of the molecule is C[Si](C)(C)/C=C/[C@@H]1C[C@H]1CO. The lowest BCUT2D eigenvalue weighted by Gasteiger charge is -2.07. The van der Waals surface area contributed by atoms with Crippen LogP contribution in [0.1, 0.15) is 6.42 Å². The molecule has 1 rings (SSSR count). The predicted octanol–water partition coefficient (Wildman–Crippen LogP) is 2.05. The maximum Gasteiger partial charge on any atom is 0.0682 e. The van der Waals surface area contributed by atoms with Crippen LogP contribution >= 0.6 is 0 Å². The van der Waals surface area contributed by atoms with E-state index in [9.17, 15) is 0 Å². The Morgan fingerprint density at radius 2 is 2.09 bits per heavy atom. The zero-order valence-electron chi connectivity index (χ0n) is 7.67. The Bertz CT molecular complexity index is 157. The summed E-state index contributed by atoms with van der Waals surface area (Å²) in [5.41, 5.74) is 2.38. The molecule has 0 aromatic rings. The zero-order valence-corrected chi connectivity index (χ0v) is 8.67. The van der Waals surface area contributed by atoms with Gasteiger partial charge in [-0.3, -0.25) is 0 Å². The second kappa shape index (κ2) is 3.11. The molecular formula is C9H18OSi. The van der Waals surface area contributed by atoms with Crippen LogP contribution in [0.25, 0.3) is 0 Å². The zero-order chi connectivity index (χ0) is 8.48. The van der Waals surface area contributed by atoms with Crippen LogP contribution in [0.4, 0.5) is 0 Å². The van der Waals surface area contributed by atoms with Crippen LogP contribution in [-0.2, 0) is 0 Å². The third-order valence-electron chi connectivity index (χ3n) is 2.06. The molecule has 0 spiro atoms. The molecular weight excluding hydrogens is 152 g/mol. The number of aliphatic hydroxyl groups is 1. The van der Waals surface area contributed by atoms with Gasteiger partial charge in [0, 0.05) is 6.61 Å². The first kappa shape index (κ1) is 9.01. The smallest absolute Gasteiger partial charge is 0.0682 e. The lowest BCUT2D eigenvalue weighted by Crippen LogP contribution is -2.15. The molecule has 0 saturated heterocycles.